The molecule has 1 heterocycles. The van der Waals surface area contributed by atoms with Crippen LogP contribution in [0, 0.1) is 5.92 Å². The van der Waals surface area contributed by atoms with E-state index >= 15 is 0 Å². The Hall–Kier alpha value is -1.63. The first-order valence-electron chi connectivity index (χ1n) is 9.51. The molecule has 144 valence electrons. The van der Waals surface area contributed by atoms with Gasteiger partial charge in [0, 0.05) is 32.4 Å². The number of amides is 1. The van der Waals surface area contributed by atoms with Crippen LogP contribution in [-0.2, 0) is 14.3 Å². The average molecular weight is 362 g/mol. The molecule has 2 aliphatic rings. The smallest absolute Gasteiger partial charge is 0.256 e. The minimum atomic E-state index is -0.741. The third kappa shape index (κ3) is 4.96. The van der Waals surface area contributed by atoms with Crippen molar-refractivity contribution in [3.05, 3.63) is 24.3 Å². The molecule has 1 N–H and O–H groups in total. The molecule has 0 spiro atoms. The lowest BCUT2D eigenvalue weighted by Gasteiger charge is -2.26. The summed E-state index contributed by atoms with van der Waals surface area (Å²) in [4.78, 5) is 14.9. The number of hydrogen-bond donors (Lipinski definition) is 1. The van der Waals surface area contributed by atoms with Gasteiger partial charge < -0.3 is 19.5 Å². The van der Waals surface area contributed by atoms with Crippen LogP contribution < -0.4 is 10.1 Å². The molecule has 1 aliphatic carbocycles. The second-order valence-corrected chi connectivity index (χ2v) is 7.22. The standard InChI is InChI=1S/C20H30N2O4/c1-20(24-2,16-4-5-16)19(23)21-17-6-8-18(9-7-17)26-13-3-10-22-11-14-25-15-12-22/h6-9,16H,3-5,10-15H2,1-2H3,(H,21,23)/t20-/m1/s1. The lowest BCUT2D eigenvalue weighted by Crippen LogP contribution is -2.44. The van der Waals surface area contributed by atoms with Crippen LogP contribution in [0.2, 0.25) is 0 Å². The van der Waals surface area contributed by atoms with Crippen molar-refractivity contribution in [1.82, 2.24) is 4.90 Å². The number of benzene rings is 1. The van der Waals surface area contributed by atoms with E-state index in [1.165, 1.54) is 0 Å². The van der Waals surface area contributed by atoms with Crippen LogP contribution in [0.4, 0.5) is 5.69 Å². The fraction of sp³-hybridized carbons (Fsp3) is 0.650. The molecule has 1 aromatic rings. The Morgan fingerprint density at radius 2 is 1.96 bits per heavy atom. The summed E-state index contributed by atoms with van der Waals surface area (Å²) in [5, 5.41) is 2.95. The van der Waals surface area contributed by atoms with Gasteiger partial charge in [0.2, 0.25) is 0 Å². The van der Waals surface area contributed by atoms with Crippen LogP contribution >= 0.6 is 0 Å². The number of nitrogens with one attached hydrogen (secondary N) is 1. The second-order valence-electron chi connectivity index (χ2n) is 7.22. The van der Waals surface area contributed by atoms with Crippen LogP contribution in [0.3, 0.4) is 0 Å². The molecule has 26 heavy (non-hydrogen) atoms. The number of morpholine rings is 1. The topological polar surface area (TPSA) is 60.0 Å². The summed E-state index contributed by atoms with van der Waals surface area (Å²) in [6.45, 7) is 7.27. The van der Waals surface area contributed by atoms with E-state index in [-0.39, 0.29) is 5.91 Å². The minimum Gasteiger partial charge on any atom is -0.494 e. The highest BCUT2D eigenvalue weighted by atomic mass is 16.5. The SMILES string of the molecule is CO[C@@](C)(C(=O)Nc1ccc(OCCCN2CCOCC2)cc1)C1CC1. The summed E-state index contributed by atoms with van der Waals surface area (Å²) in [7, 11) is 1.60. The van der Waals surface area contributed by atoms with Gasteiger partial charge >= 0.3 is 0 Å². The highest BCUT2D eigenvalue weighted by Crippen LogP contribution is 2.42. The van der Waals surface area contributed by atoms with Crippen molar-refractivity contribution in [3.8, 4) is 5.75 Å². The number of anilines is 1. The maximum absolute atomic E-state index is 12.5. The Labute approximate surface area is 155 Å². The van der Waals surface area contributed by atoms with Gasteiger partial charge in [-0.05, 0) is 56.4 Å². The van der Waals surface area contributed by atoms with Crippen LogP contribution in [0.25, 0.3) is 0 Å². The van der Waals surface area contributed by atoms with E-state index in [4.69, 9.17) is 14.2 Å². The van der Waals surface area contributed by atoms with Crippen molar-refractivity contribution >= 4 is 11.6 Å². The van der Waals surface area contributed by atoms with E-state index in [1.54, 1.807) is 7.11 Å². The Morgan fingerprint density at radius 1 is 1.27 bits per heavy atom. The molecule has 0 unspecified atom stereocenters. The van der Waals surface area contributed by atoms with Gasteiger partial charge in [0.15, 0.2) is 0 Å². The molecule has 1 amide bonds. The summed E-state index contributed by atoms with van der Waals surface area (Å²) in [6, 6.07) is 7.54. The lowest BCUT2D eigenvalue weighted by molar-refractivity contribution is -0.138. The zero-order valence-corrected chi connectivity index (χ0v) is 15.8. The van der Waals surface area contributed by atoms with Crippen molar-refractivity contribution in [2.75, 3.05) is 51.9 Å². The van der Waals surface area contributed by atoms with E-state index in [2.05, 4.69) is 10.2 Å². The minimum absolute atomic E-state index is 0.0818. The third-order valence-corrected chi connectivity index (χ3v) is 5.33. The molecule has 1 atom stereocenters. The van der Waals surface area contributed by atoms with Crippen LogP contribution in [0.15, 0.2) is 24.3 Å². The number of carbonyl (C=O) groups is 1. The van der Waals surface area contributed by atoms with Crippen LogP contribution in [-0.4, -0.2) is 63.0 Å². The van der Waals surface area contributed by atoms with Gasteiger partial charge in [-0.15, -0.1) is 0 Å². The maximum atomic E-state index is 12.5. The third-order valence-electron chi connectivity index (χ3n) is 5.33. The second kappa shape index (κ2) is 8.84. The number of ether oxygens (including phenoxy) is 3. The molecule has 1 aromatic carbocycles. The quantitative estimate of drug-likeness (QED) is 0.684. The monoisotopic (exact) mass is 362 g/mol. The maximum Gasteiger partial charge on any atom is 0.256 e. The zero-order chi connectivity index (χ0) is 18.4. The Bertz CT molecular complexity index is 582. The summed E-state index contributed by atoms with van der Waals surface area (Å²) >= 11 is 0. The van der Waals surface area contributed by atoms with Gasteiger partial charge in [-0.2, -0.15) is 0 Å². The number of nitrogens with zero attached hydrogens (tertiary/aromatic N) is 1. The lowest BCUT2D eigenvalue weighted by atomic mass is 9.99. The van der Waals surface area contributed by atoms with E-state index < -0.39 is 5.60 Å². The molecule has 6 heteroatoms. The Kier molecular flexibility index (Phi) is 6.51. The van der Waals surface area contributed by atoms with Gasteiger partial charge in [0.25, 0.3) is 5.91 Å². The van der Waals surface area contributed by atoms with Crippen molar-refractivity contribution in [3.63, 3.8) is 0 Å². The van der Waals surface area contributed by atoms with Crippen molar-refractivity contribution < 1.29 is 19.0 Å². The number of methoxy groups -OCH3 is 1. The van der Waals surface area contributed by atoms with Crippen molar-refractivity contribution in [2.24, 2.45) is 5.92 Å². The number of carbonyl (C=O) groups excluding carboxylic acids is 1. The van der Waals surface area contributed by atoms with Gasteiger partial charge in [-0.3, -0.25) is 9.69 Å². The van der Waals surface area contributed by atoms with Crippen LogP contribution in [0.1, 0.15) is 26.2 Å². The first kappa shape index (κ1) is 19.1. The first-order chi connectivity index (χ1) is 12.6. The normalized spacial score (nSPS) is 20.4. The Morgan fingerprint density at radius 3 is 2.58 bits per heavy atom. The predicted molar refractivity (Wildman–Crippen MR) is 101 cm³/mol. The zero-order valence-electron chi connectivity index (χ0n) is 15.8. The molecule has 1 saturated heterocycles. The van der Waals surface area contributed by atoms with E-state index in [9.17, 15) is 4.79 Å². The van der Waals surface area contributed by atoms with Crippen molar-refractivity contribution in [2.45, 2.75) is 31.8 Å². The van der Waals surface area contributed by atoms with Gasteiger partial charge in [0.1, 0.15) is 11.4 Å². The molecule has 3 rings (SSSR count). The molecular weight excluding hydrogens is 332 g/mol. The van der Waals surface area contributed by atoms with Crippen molar-refractivity contribution in [1.29, 1.82) is 0 Å². The Balaban J connectivity index is 1.41. The van der Waals surface area contributed by atoms with E-state index in [0.717, 1.165) is 63.5 Å². The van der Waals surface area contributed by atoms with E-state index in [0.29, 0.717) is 12.5 Å². The largest absolute Gasteiger partial charge is 0.494 e. The molecular formula is C20H30N2O4. The number of hydrogen-bond acceptors (Lipinski definition) is 5. The molecule has 0 aromatic heterocycles. The summed E-state index contributed by atoms with van der Waals surface area (Å²) in [5.41, 5.74) is 0.0221. The summed E-state index contributed by atoms with van der Waals surface area (Å²) in [6.07, 6.45) is 3.09. The first-order valence-corrected chi connectivity index (χ1v) is 9.51. The van der Waals surface area contributed by atoms with Gasteiger partial charge in [-0.25, -0.2) is 0 Å². The number of rotatable bonds is 9. The summed E-state index contributed by atoms with van der Waals surface area (Å²) < 4.78 is 16.6. The molecule has 0 radical (unpaired) electrons. The van der Waals surface area contributed by atoms with E-state index in [1.807, 2.05) is 31.2 Å². The molecule has 2 fully saturated rings. The molecule has 6 nitrogen and oxygen atoms in total. The fourth-order valence-electron chi connectivity index (χ4n) is 3.27. The van der Waals surface area contributed by atoms with Gasteiger partial charge in [-0.1, -0.05) is 0 Å². The van der Waals surface area contributed by atoms with Crippen LogP contribution in [0.5, 0.6) is 5.75 Å². The molecule has 1 aliphatic heterocycles. The highest BCUT2D eigenvalue weighted by Gasteiger charge is 2.47. The highest BCUT2D eigenvalue weighted by molar-refractivity contribution is 5.97. The molecule has 0 bridgehead atoms. The fourth-order valence-corrected chi connectivity index (χ4v) is 3.27. The molecule has 1 saturated carbocycles. The summed E-state index contributed by atoms with van der Waals surface area (Å²) in [5.74, 6) is 1.06. The van der Waals surface area contributed by atoms with Gasteiger partial charge in [0.05, 0.1) is 19.8 Å². The average Bonchev–Trinajstić information content (AvgIpc) is 3.52. The predicted octanol–water partition coefficient (Wildman–Crippen LogP) is 2.54.